The van der Waals surface area contributed by atoms with E-state index in [1.54, 1.807) is 18.2 Å². The van der Waals surface area contributed by atoms with Gasteiger partial charge in [-0.05, 0) is 17.5 Å². The van der Waals surface area contributed by atoms with Gasteiger partial charge >= 0.3 is 5.97 Å². The lowest BCUT2D eigenvalue weighted by atomic mass is 10.0. The normalized spacial score (nSPS) is 25.6. The van der Waals surface area contributed by atoms with Gasteiger partial charge in [-0.25, -0.2) is 0 Å². The molecule has 2 rings (SSSR count). The molecular formula is C10H10O3. The summed E-state index contributed by atoms with van der Waals surface area (Å²) in [6.45, 7) is 0. The molecule has 1 aliphatic carbocycles. The molecule has 1 aromatic rings. The summed E-state index contributed by atoms with van der Waals surface area (Å²) in [6.07, 6.45) is -0.313. The van der Waals surface area contributed by atoms with Crippen molar-refractivity contribution in [2.75, 3.05) is 0 Å². The van der Waals surface area contributed by atoms with Crippen molar-refractivity contribution >= 4 is 5.97 Å². The van der Waals surface area contributed by atoms with Crippen LogP contribution >= 0.6 is 0 Å². The molecular weight excluding hydrogens is 168 g/mol. The van der Waals surface area contributed by atoms with Gasteiger partial charge in [0.2, 0.25) is 0 Å². The molecule has 0 heterocycles. The Bertz CT molecular complexity index is 346. The van der Waals surface area contributed by atoms with Crippen molar-refractivity contribution < 1.29 is 15.0 Å². The Morgan fingerprint density at radius 2 is 1.92 bits per heavy atom. The average molecular weight is 178 g/mol. The number of aliphatic carboxylic acids is 1. The van der Waals surface area contributed by atoms with E-state index in [2.05, 4.69) is 0 Å². The largest absolute Gasteiger partial charge is 0.481 e. The summed E-state index contributed by atoms with van der Waals surface area (Å²) in [5.74, 6) is -1.39. The Morgan fingerprint density at radius 3 is 2.54 bits per heavy atom. The van der Waals surface area contributed by atoms with Gasteiger partial charge in [0.05, 0.1) is 12.0 Å². The van der Waals surface area contributed by atoms with Crippen LogP contribution < -0.4 is 0 Å². The molecule has 2 N–H and O–H groups in total. The number of carboxylic acids is 1. The van der Waals surface area contributed by atoms with E-state index in [-0.39, 0.29) is 0 Å². The van der Waals surface area contributed by atoms with Gasteiger partial charge in [0, 0.05) is 0 Å². The molecule has 68 valence electrons. The Balaban J connectivity index is 2.47. The monoisotopic (exact) mass is 178 g/mol. The molecule has 0 aromatic heterocycles. The second-order valence-corrected chi connectivity index (χ2v) is 3.27. The Kier molecular flexibility index (Phi) is 1.81. The fraction of sp³-hybridized carbons (Fsp3) is 0.300. The summed E-state index contributed by atoms with van der Waals surface area (Å²) in [6, 6.07) is 7.16. The zero-order valence-electron chi connectivity index (χ0n) is 6.97. The molecule has 2 unspecified atom stereocenters. The number of benzene rings is 1. The Morgan fingerprint density at radius 1 is 1.31 bits per heavy atom. The van der Waals surface area contributed by atoms with Gasteiger partial charge < -0.3 is 10.2 Å². The maximum Gasteiger partial charge on any atom is 0.311 e. The first-order valence-corrected chi connectivity index (χ1v) is 4.20. The lowest BCUT2D eigenvalue weighted by Crippen LogP contribution is -2.07. The number of rotatable bonds is 1. The molecule has 2 atom stereocenters. The average Bonchev–Trinajstić information content (AvgIpc) is 2.45. The summed E-state index contributed by atoms with van der Waals surface area (Å²) in [4.78, 5) is 10.8. The first-order valence-electron chi connectivity index (χ1n) is 4.20. The Labute approximate surface area is 75.6 Å². The van der Waals surface area contributed by atoms with Crippen LogP contribution in [0.3, 0.4) is 0 Å². The third-order valence-corrected chi connectivity index (χ3v) is 2.49. The molecule has 0 spiro atoms. The quantitative estimate of drug-likeness (QED) is 0.681. The van der Waals surface area contributed by atoms with Crippen molar-refractivity contribution in [2.24, 2.45) is 0 Å². The molecule has 13 heavy (non-hydrogen) atoms. The van der Waals surface area contributed by atoms with Crippen molar-refractivity contribution in [3.05, 3.63) is 35.4 Å². The number of carboxylic acid groups (broad SMARTS) is 1. The molecule has 1 aliphatic rings. The van der Waals surface area contributed by atoms with E-state index in [1.165, 1.54) is 0 Å². The van der Waals surface area contributed by atoms with E-state index in [1.807, 2.05) is 6.07 Å². The van der Waals surface area contributed by atoms with Crippen LogP contribution in [-0.2, 0) is 4.79 Å². The smallest absolute Gasteiger partial charge is 0.311 e. The molecule has 1 aromatic carbocycles. The minimum Gasteiger partial charge on any atom is -0.481 e. The molecule has 0 amide bonds. The van der Waals surface area contributed by atoms with Crippen molar-refractivity contribution in [1.82, 2.24) is 0 Å². The number of aliphatic hydroxyl groups is 1. The first-order chi connectivity index (χ1) is 6.20. The van der Waals surface area contributed by atoms with Gasteiger partial charge in [-0.1, -0.05) is 24.3 Å². The lowest BCUT2D eigenvalue weighted by Gasteiger charge is -2.03. The molecule has 3 nitrogen and oxygen atoms in total. The standard InChI is InChI=1S/C10H10O3/c11-9-5-8(10(12)13)6-3-1-2-4-7(6)9/h1-4,8-9,11H,5H2,(H,12,13). The third-order valence-electron chi connectivity index (χ3n) is 2.49. The highest BCUT2D eigenvalue weighted by Gasteiger charge is 2.33. The zero-order valence-corrected chi connectivity index (χ0v) is 6.97. The second-order valence-electron chi connectivity index (χ2n) is 3.27. The predicted molar refractivity (Wildman–Crippen MR) is 46.4 cm³/mol. The Hall–Kier alpha value is -1.35. The topological polar surface area (TPSA) is 57.5 Å². The highest BCUT2D eigenvalue weighted by Crippen LogP contribution is 2.39. The molecule has 0 saturated heterocycles. The van der Waals surface area contributed by atoms with Gasteiger partial charge in [-0.2, -0.15) is 0 Å². The maximum atomic E-state index is 10.8. The van der Waals surface area contributed by atoms with E-state index in [0.717, 1.165) is 11.1 Å². The maximum absolute atomic E-state index is 10.8. The minimum absolute atomic E-state index is 0.300. The summed E-state index contributed by atoms with van der Waals surface area (Å²) >= 11 is 0. The molecule has 0 saturated carbocycles. The van der Waals surface area contributed by atoms with Crippen molar-refractivity contribution in [3.63, 3.8) is 0 Å². The summed E-state index contributed by atoms with van der Waals surface area (Å²) in [5.41, 5.74) is 1.51. The van der Waals surface area contributed by atoms with Crippen LogP contribution in [0.1, 0.15) is 29.6 Å². The number of carbonyl (C=O) groups is 1. The molecule has 0 bridgehead atoms. The zero-order chi connectivity index (χ0) is 9.42. The molecule has 0 radical (unpaired) electrons. The summed E-state index contributed by atoms with van der Waals surface area (Å²) < 4.78 is 0. The van der Waals surface area contributed by atoms with Crippen LogP contribution in [0.4, 0.5) is 0 Å². The van der Waals surface area contributed by atoms with Gasteiger partial charge in [0.25, 0.3) is 0 Å². The van der Waals surface area contributed by atoms with Gasteiger partial charge in [-0.15, -0.1) is 0 Å². The third kappa shape index (κ3) is 1.21. The second kappa shape index (κ2) is 2.85. The van der Waals surface area contributed by atoms with Crippen molar-refractivity contribution in [3.8, 4) is 0 Å². The highest BCUT2D eigenvalue weighted by atomic mass is 16.4. The van der Waals surface area contributed by atoms with E-state index in [9.17, 15) is 9.90 Å². The summed E-state index contributed by atoms with van der Waals surface area (Å²) in [5, 5.41) is 18.4. The number of aliphatic hydroxyl groups excluding tert-OH is 1. The summed E-state index contributed by atoms with van der Waals surface area (Å²) in [7, 11) is 0. The predicted octanol–water partition coefficient (Wildman–Crippen LogP) is 1.29. The molecule has 0 fully saturated rings. The van der Waals surface area contributed by atoms with Crippen LogP contribution in [0.25, 0.3) is 0 Å². The number of hydrogen-bond acceptors (Lipinski definition) is 2. The number of hydrogen-bond donors (Lipinski definition) is 2. The lowest BCUT2D eigenvalue weighted by molar-refractivity contribution is -0.139. The molecule has 0 aliphatic heterocycles. The SMILES string of the molecule is O=C(O)C1CC(O)c2ccccc21. The van der Waals surface area contributed by atoms with Crippen LogP contribution in [0.15, 0.2) is 24.3 Å². The van der Waals surface area contributed by atoms with E-state index < -0.39 is 18.0 Å². The highest BCUT2D eigenvalue weighted by molar-refractivity contribution is 5.78. The van der Waals surface area contributed by atoms with Crippen LogP contribution in [0.2, 0.25) is 0 Å². The number of fused-ring (bicyclic) bond motifs is 1. The molecule has 3 heteroatoms. The fourth-order valence-electron chi connectivity index (χ4n) is 1.84. The fourth-order valence-corrected chi connectivity index (χ4v) is 1.84. The van der Waals surface area contributed by atoms with Gasteiger partial charge in [0.1, 0.15) is 0 Å². The van der Waals surface area contributed by atoms with Gasteiger partial charge in [-0.3, -0.25) is 4.79 Å². The van der Waals surface area contributed by atoms with Gasteiger partial charge in [0.15, 0.2) is 0 Å². The minimum atomic E-state index is -0.857. The van der Waals surface area contributed by atoms with E-state index >= 15 is 0 Å². The van der Waals surface area contributed by atoms with E-state index in [4.69, 9.17) is 5.11 Å². The van der Waals surface area contributed by atoms with Crippen molar-refractivity contribution in [2.45, 2.75) is 18.4 Å². The van der Waals surface area contributed by atoms with Crippen LogP contribution in [0.5, 0.6) is 0 Å². The van der Waals surface area contributed by atoms with Crippen molar-refractivity contribution in [1.29, 1.82) is 0 Å². The first kappa shape index (κ1) is 8.26. The van der Waals surface area contributed by atoms with E-state index in [0.29, 0.717) is 6.42 Å². The van der Waals surface area contributed by atoms with Crippen LogP contribution in [0, 0.1) is 0 Å². The van der Waals surface area contributed by atoms with Crippen LogP contribution in [-0.4, -0.2) is 16.2 Å².